The lowest BCUT2D eigenvalue weighted by Gasteiger charge is -2.15. The maximum atomic E-state index is 5.31. The third-order valence-electron chi connectivity index (χ3n) is 2.78. The molecule has 0 aliphatic heterocycles. The molecule has 1 aromatic rings. The zero-order valence-corrected chi connectivity index (χ0v) is 11.5. The van der Waals surface area contributed by atoms with Crippen LogP contribution in [0.3, 0.4) is 0 Å². The lowest BCUT2D eigenvalue weighted by Crippen LogP contribution is -2.19. The van der Waals surface area contributed by atoms with Gasteiger partial charge < -0.3 is 9.47 Å². The first-order valence-corrected chi connectivity index (χ1v) is 6.01. The Morgan fingerprint density at radius 1 is 1.33 bits per heavy atom. The third-order valence-corrected chi connectivity index (χ3v) is 2.78. The van der Waals surface area contributed by atoms with Gasteiger partial charge >= 0.3 is 0 Å². The minimum atomic E-state index is 0.257. The molecule has 1 rings (SSSR count). The Labute approximate surface area is 109 Å². The van der Waals surface area contributed by atoms with Crippen molar-refractivity contribution in [2.75, 3.05) is 20.8 Å². The lowest BCUT2D eigenvalue weighted by atomic mass is 10.0. The summed E-state index contributed by atoms with van der Waals surface area (Å²) in [5.74, 6) is 6.73. The Bertz CT molecular complexity index is 432. The maximum absolute atomic E-state index is 5.31. The number of rotatable bonds is 6. The van der Waals surface area contributed by atoms with Crippen LogP contribution in [0.4, 0.5) is 0 Å². The SMILES string of the molecule is CC#CCNC(C)c1ccc(OC)c(COC)c1. The summed E-state index contributed by atoms with van der Waals surface area (Å²) in [6.45, 7) is 5.22. The Balaban J connectivity index is 2.81. The topological polar surface area (TPSA) is 30.5 Å². The molecule has 0 aliphatic rings. The molecule has 0 saturated heterocycles. The van der Waals surface area contributed by atoms with Crippen molar-refractivity contribution < 1.29 is 9.47 Å². The fraction of sp³-hybridized carbons (Fsp3) is 0.467. The van der Waals surface area contributed by atoms with Crippen LogP contribution in [-0.2, 0) is 11.3 Å². The molecule has 0 fully saturated rings. The van der Waals surface area contributed by atoms with E-state index in [-0.39, 0.29) is 6.04 Å². The molecule has 0 heterocycles. The zero-order valence-electron chi connectivity index (χ0n) is 11.5. The number of methoxy groups -OCH3 is 2. The van der Waals surface area contributed by atoms with Gasteiger partial charge in [0.2, 0.25) is 0 Å². The minimum Gasteiger partial charge on any atom is -0.496 e. The predicted octanol–water partition coefficient (Wildman–Crippen LogP) is 2.52. The number of benzene rings is 1. The molecule has 0 spiro atoms. The molecule has 0 aliphatic carbocycles. The molecule has 98 valence electrons. The van der Waals surface area contributed by atoms with Crippen LogP contribution in [-0.4, -0.2) is 20.8 Å². The molecule has 1 aromatic carbocycles. The van der Waals surface area contributed by atoms with E-state index in [0.29, 0.717) is 13.2 Å². The summed E-state index contributed by atoms with van der Waals surface area (Å²) in [7, 11) is 3.36. The van der Waals surface area contributed by atoms with Gasteiger partial charge in [0, 0.05) is 18.7 Å². The van der Waals surface area contributed by atoms with Crippen LogP contribution in [0.5, 0.6) is 5.75 Å². The summed E-state index contributed by atoms with van der Waals surface area (Å²) in [6, 6.07) is 6.41. The van der Waals surface area contributed by atoms with Crippen molar-refractivity contribution in [1.29, 1.82) is 0 Å². The van der Waals surface area contributed by atoms with Crippen molar-refractivity contribution in [3.8, 4) is 17.6 Å². The van der Waals surface area contributed by atoms with E-state index in [9.17, 15) is 0 Å². The number of hydrogen-bond acceptors (Lipinski definition) is 3. The summed E-state index contributed by atoms with van der Waals surface area (Å²) >= 11 is 0. The standard InChI is InChI=1S/C15H21NO2/c1-5-6-9-16-12(2)13-7-8-15(18-4)14(10-13)11-17-3/h7-8,10,12,16H,9,11H2,1-4H3. The number of hydrogen-bond donors (Lipinski definition) is 1. The van der Waals surface area contributed by atoms with Crippen LogP contribution in [0.1, 0.15) is 31.0 Å². The monoisotopic (exact) mass is 247 g/mol. The van der Waals surface area contributed by atoms with E-state index in [1.807, 2.05) is 13.0 Å². The first-order valence-electron chi connectivity index (χ1n) is 6.01. The van der Waals surface area contributed by atoms with Gasteiger partial charge in [-0.15, -0.1) is 5.92 Å². The lowest BCUT2D eigenvalue weighted by molar-refractivity contribution is 0.181. The highest BCUT2D eigenvalue weighted by atomic mass is 16.5. The van der Waals surface area contributed by atoms with Crippen LogP contribution < -0.4 is 10.1 Å². The van der Waals surface area contributed by atoms with Gasteiger partial charge in [0.25, 0.3) is 0 Å². The quantitative estimate of drug-likeness (QED) is 0.784. The molecule has 1 N–H and O–H groups in total. The molecular weight excluding hydrogens is 226 g/mol. The van der Waals surface area contributed by atoms with Crippen molar-refractivity contribution in [2.45, 2.75) is 26.5 Å². The van der Waals surface area contributed by atoms with Gasteiger partial charge in [-0.25, -0.2) is 0 Å². The number of ether oxygens (including phenoxy) is 2. The molecule has 3 nitrogen and oxygen atoms in total. The Kier molecular flexibility index (Phi) is 6.27. The van der Waals surface area contributed by atoms with E-state index in [4.69, 9.17) is 9.47 Å². The summed E-state index contributed by atoms with van der Waals surface area (Å²) in [6.07, 6.45) is 0. The molecule has 0 radical (unpaired) electrons. The van der Waals surface area contributed by atoms with Crippen molar-refractivity contribution in [2.24, 2.45) is 0 Å². The van der Waals surface area contributed by atoms with E-state index in [1.54, 1.807) is 14.2 Å². The summed E-state index contributed by atoms with van der Waals surface area (Å²) in [5.41, 5.74) is 2.27. The molecular formula is C15H21NO2. The summed E-state index contributed by atoms with van der Waals surface area (Å²) in [5, 5.41) is 3.35. The Hall–Kier alpha value is -1.50. The highest BCUT2D eigenvalue weighted by molar-refractivity contribution is 5.38. The Morgan fingerprint density at radius 3 is 2.72 bits per heavy atom. The maximum Gasteiger partial charge on any atom is 0.124 e. The van der Waals surface area contributed by atoms with Crippen LogP contribution in [0.15, 0.2) is 18.2 Å². The Morgan fingerprint density at radius 2 is 2.11 bits per heavy atom. The molecule has 18 heavy (non-hydrogen) atoms. The van der Waals surface area contributed by atoms with Crippen LogP contribution in [0.2, 0.25) is 0 Å². The molecule has 3 heteroatoms. The van der Waals surface area contributed by atoms with E-state index in [2.05, 4.69) is 36.2 Å². The van der Waals surface area contributed by atoms with E-state index in [0.717, 1.165) is 11.3 Å². The summed E-state index contributed by atoms with van der Waals surface area (Å²) in [4.78, 5) is 0. The van der Waals surface area contributed by atoms with Crippen LogP contribution >= 0.6 is 0 Å². The molecule has 0 bridgehead atoms. The van der Waals surface area contributed by atoms with E-state index < -0.39 is 0 Å². The first-order chi connectivity index (χ1) is 8.72. The normalized spacial score (nSPS) is 11.6. The van der Waals surface area contributed by atoms with Crippen LogP contribution in [0, 0.1) is 11.8 Å². The zero-order chi connectivity index (χ0) is 13.4. The van der Waals surface area contributed by atoms with Crippen LogP contribution in [0.25, 0.3) is 0 Å². The van der Waals surface area contributed by atoms with Crippen molar-refractivity contribution in [3.63, 3.8) is 0 Å². The number of nitrogens with one attached hydrogen (secondary N) is 1. The van der Waals surface area contributed by atoms with E-state index >= 15 is 0 Å². The molecule has 1 atom stereocenters. The first kappa shape index (κ1) is 14.6. The van der Waals surface area contributed by atoms with Crippen molar-refractivity contribution in [3.05, 3.63) is 29.3 Å². The average molecular weight is 247 g/mol. The summed E-state index contributed by atoms with van der Waals surface area (Å²) < 4.78 is 10.5. The highest BCUT2D eigenvalue weighted by Gasteiger charge is 2.08. The average Bonchev–Trinajstić information content (AvgIpc) is 2.39. The molecule has 0 amide bonds. The van der Waals surface area contributed by atoms with Gasteiger partial charge in [-0.2, -0.15) is 0 Å². The molecule has 0 aromatic heterocycles. The fourth-order valence-electron chi connectivity index (χ4n) is 1.75. The van der Waals surface area contributed by atoms with Gasteiger partial charge in [-0.05, 0) is 31.5 Å². The largest absolute Gasteiger partial charge is 0.496 e. The van der Waals surface area contributed by atoms with E-state index in [1.165, 1.54) is 5.56 Å². The second kappa shape index (κ2) is 7.75. The van der Waals surface area contributed by atoms with Gasteiger partial charge in [-0.3, -0.25) is 5.32 Å². The highest BCUT2D eigenvalue weighted by Crippen LogP contribution is 2.23. The smallest absolute Gasteiger partial charge is 0.124 e. The van der Waals surface area contributed by atoms with Gasteiger partial charge in [0.05, 0.1) is 20.3 Å². The van der Waals surface area contributed by atoms with Crippen molar-refractivity contribution >= 4 is 0 Å². The second-order valence-electron chi connectivity index (χ2n) is 4.03. The molecule has 1 unspecified atom stereocenters. The third kappa shape index (κ3) is 4.06. The molecule has 0 saturated carbocycles. The predicted molar refractivity (Wildman–Crippen MR) is 73.6 cm³/mol. The van der Waals surface area contributed by atoms with Gasteiger partial charge in [-0.1, -0.05) is 12.0 Å². The second-order valence-corrected chi connectivity index (χ2v) is 4.03. The van der Waals surface area contributed by atoms with Gasteiger partial charge in [0.1, 0.15) is 5.75 Å². The van der Waals surface area contributed by atoms with Gasteiger partial charge in [0.15, 0.2) is 0 Å². The minimum absolute atomic E-state index is 0.257. The van der Waals surface area contributed by atoms with Crippen molar-refractivity contribution in [1.82, 2.24) is 5.32 Å². The fourth-order valence-corrected chi connectivity index (χ4v) is 1.75.